The SMILES string of the molecule is O=C1O[C@]2(CCNC2)c2ccncc21. The zero-order valence-corrected chi connectivity index (χ0v) is 7.62. The van der Waals surface area contributed by atoms with Crippen molar-refractivity contribution in [2.24, 2.45) is 0 Å². The molecular formula is C10H10N2O2. The largest absolute Gasteiger partial charge is 0.449 e. The Balaban J connectivity index is 2.18. The maximum Gasteiger partial charge on any atom is 0.341 e. The second-order valence-corrected chi connectivity index (χ2v) is 3.73. The van der Waals surface area contributed by atoms with Gasteiger partial charge in [0.1, 0.15) is 0 Å². The lowest BCUT2D eigenvalue weighted by atomic mass is 9.93. The van der Waals surface area contributed by atoms with Crippen molar-refractivity contribution in [1.82, 2.24) is 10.3 Å². The zero-order chi connectivity index (χ0) is 9.60. The third-order valence-corrected chi connectivity index (χ3v) is 2.94. The van der Waals surface area contributed by atoms with E-state index in [4.69, 9.17) is 4.74 Å². The minimum Gasteiger partial charge on any atom is -0.449 e. The lowest BCUT2D eigenvalue weighted by molar-refractivity contribution is 0.00164. The number of esters is 1. The molecule has 0 unspecified atom stereocenters. The Morgan fingerprint density at radius 3 is 3.29 bits per heavy atom. The molecule has 1 atom stereocenters. The predicted molar refractivity (Wildman–Crippen MR) is 48.8 cm³/mol. The molecule has 1 fully saturated rings. The summed E-state index contributed by atoms with van der Waals surface area (Å²) < 4.78 is 5.44. The van der Waals surface area contributed by atoms with Crippen molar-refractivity contribution < 1.29 is 9.53 Å². The molecule has 72 valence electrons. The van der Waals surface area contributed by atoms with E-state index in [0.29, 0.717) is 5.56 Å². The molecule has 2 aliphatic heterocycles. The number of nitrogens with zero attached hydrogens (tertiary/aromatic N) is 1. The summed E-state index contributed by atoms with van der Waals surface area (Å²) in [5.74, 6) is -0.239. The van der Waals surface area contributed by atoms with Gasteiger partial charge in [0.15, 0.2) is 5.60 Å². The molecule has 0 radical (unpaired) electrons. The number of fused-ring (bicyclic) bond motifs is 2. The number of nitrogens with one attached hydrogen (secondary N) is 1. The first-order chi connectivity index (χ1) is 6.82. The fraction of sp³-hybridized carbons (Fsp3) is 0.400. The van der Waals surface area contributed by atoms with E-state index in [-0.39, 0.29) is 5.97 Å². The van der Waals surface area contributed by atoms with Crippen LogP contribution in [-0.4, -0.2) is 24.0 Å². The Morgan fingerprint density at radius 2 is 2.50 bits per heavy atom. The van der Waals surface area contributed by atoms with Crippen LogP contribution in [-0.2, 0) is 10.3 Å². The van der Waals surface area contributed by atoms with Gasteiger partial charge in [-0.25, -0.2) is 4.79 Å². The highest BCUT2D eigenvalue weighted by molar-refractivity contribution is 5.94. The average Bonchev–Trinajstić information content (AvgIpc) is 2.77. The molecule has 0 saturated carbocycles. The summed E-state index contributed by atoms with van der Waals surface area (Å²) >= 11 is 0. The summed E-state index contributed by atoms with van der Waals surface area (Å²) in [5, 5.41) is 3.22. The van der Waals surface area contributed by atoms with Crippen LogP contribution in [0, 0.1) is 0 Å². The number of pyridine rings is 1. The highest BCUT2D eigenvalue weighted by atomic mass is 16.6. The van der Waals surface area contributed by atoms with Gasteiger partial charge in [0.2, 0.25) is 0 Å². The second kappa shape index (κ2) is 2.54. The summed E-state index contributed by atoms with van der Waals surface area (Å²) in [4.78, 5) is 15.5. The molecule has 1 aromatic heterocycles. The molecule has 4 heteroatoms. The molecule has 0 aliphatic carbocycles. The van der Waals surface area contributed by atoms with Gasteiger partial charge in [0.25, 0.3) is 0 Å². The summed E-state index contributed by atoms with van der Waals surface area (Å²) in [6, 6.07) is 1.88. The van der Waals surface area contributed by atoms with Crippen molar-refractivity contribution in [3.05, 3.63) is 29.6 Å². The van der Waals surface area contributed by atoms with Crippen molar-refractivity contribution in [3.63, 3.8) is 0 Å². The Morgan fingerprint density at radius 1 is 1.57 bits per heavy atom. The minimum atomic E-state index is -0.407. The van der Waals surface area contributed by atoms with Crippen molar-refractivity contribution in [2.75, 3.05) is 13.1 Å². The Hall–Kier alpha value is -1.42. The van der Waals surface area contributed by atoms with Crippen LogP contribution in [0.15, 0.2) is 18.5 Å². The molecule has 3 heterocycles. The van der Waals surface area contributed by atoms with E-state index in [2.05, 4.69) is 10.3 Å². The first kappa shape index (κ1) is 7.94. The molecule has 0 bridgehead atoms. The zero-order valence-electron chi connectivity index (χ0n) is 7.62. The quantitative estimate of drug-likeness (QED) is 0.603. The van der Waals surface area contributed by atoms with E-state index in [1.807, 2.05) is 6.07 Å². The molecule has 14 heavy (non-hydrogen) atoms. The number of hydrogen-bond donors (Lipinski definition) is 1. The molecule has 4 nitrogen and oxygen atoms in total. The number of carbonyl (C=O) groups is 1. The summed E-state index contributed by atoms with van der Waals surface area (Å²) in [5.41, 5.74) is 1.20. The van der Waals surface area contributed by atoms with Crippen LogP contribution >= 0.6 is 0 Å². The maximum atomic E-state index is 11.5. The number of aromatic nitrogens is 1. The molecule has 1 saturated heterocycles. The summed E-state index contributed by atoms with van der Waals surface area (Å²) in [6.45, 7) is 1.62. The van der Waals surface area contributed by atoms with Crippen LogP contribution in [0.1, 0.15) is 22.3 Å². The van der Waals surface area contributed by atoms with Gasteiger partial charge in [0, 0.05) is 30.9 Å². The molecule has 1 aromatic rings. The summed E-state index contributed by atoms with van der Waals surface area (Å²) in [7, 11) is 0. The molecule has 0 amide bonds. The van der Waals surface area contributed by atoms with E-state index in [9.17, 15) is 4.79 Å². The van der Waals surface area contributed by atoms with Crippen molar-refractivity contribution >= 4 is 5.97 Å². The molecule has 0 aromatic carbocycles. The van der Waals surface area contributed by atoms with Crippen molar-refractivity contribution in [2.45, 2.75) is 12.0 Å². The number of ether oxygens (including phenoxy) is 1. The maximum absolute atomic E-state index is 11.5. The van der Waals surface area contributed by atoms with Crippen LogP contribution < -0.4 is 5.32 Å². The standard InChI is InChI=1S/C10H10N2O2/c13-9-7-5-11-3-1-8(7)10(14-9)2-4-12-6-10/h1,3,5,12H,2,4,6H2/t10-/m0/s1. The van der Waals surface area contributed by atoms with E-state index in [1.165, 1.54) is 0 Å². The smallest absolute Gasteiger partial charge is 0.341 e. The number of rotatable bonds is 0. The monoisotopic (exact) mass is 190 g/mol. The van der Waals surface area contributed by atoms with Crippen LogP contribution in [0.25, 0.3) is 0 Å². The van der Waals surface area contributed by atoms with E-state index in [0.717, 1.165) is 25.1 Å². The lowest BCUT2D eigenvalue weighted by Crippen LogP contribution is -2.28. The molecular weight excluding hydrogens is 180 g/mol. The third kappa shape index (κ3) is 0.861. The molecule has 2 aliphatic rings. The van der Waals surface area contributed by atoms with Crippen molar-refractivity contribution in [1.29, 1.82) is 0 Å². The van der Waals surface area contributed by atoms with E-state index in [1.54, 1.807) is 12.4 Å². The van der Waals surface area contributed by atoms with Crippen LogP contribution in [0.2, 0.25) is 0 Å². The molecule has 1 spiro atoms. The van der Waals surface area contributed by atoms with Gasteiger partial charge in [-0.05, 0) is 12.6 Å². The minimum absolute atomic E-state index is 0.239. The molecule has 3 rings (SSSR count). The lowest BCUT2D eigenvalue weighted by Gasteiger charge is -2.21. The van der Waals surface area contributed by atoms with Crippen molar-refractivity contribution in [3.8, 4) is 0 Å². The summed E-state index contributed by atoms with van der Waals surface area (Å²) in [6.07, 6.45) is 4.15. The highest BCUT2D eigenvalue weighted by Crippen LogP contribution is 2.40. The van der Waals surface area contributed by atoms with Crippen LogP contribution in [0.3, 0.4) is 0 Å². The van der Waals surface area contributed by atoms with Gasteiger partial charge in [0.05, 0.1) is 5.56 Å². The molecule has 1 N–H and O–H groups in total. The number of hydrogen-bond acceptors (Lipinski definition) is 4. The fourth-order valence-electron chi connectivity index (χ4n) is 2.23. The first-order valence-corrected chi connectivity index (χ1v) is 4.70. The van der Waals surface area contributed by atoms with Gasteiger partial charge in [-0.15, -0.1) is 0 Å². The van der Waals surface area contributed by atoms with Crippen LogP contribution in [0.5, 0.6) is 0 Å². The first-order valence-electron chi connectivity index (χ1n) is 4.70. The van der Waals surface area contributed by atoms with Gasteiger partial charge < -0.3 is 10.1 Å². The topological polar surface area (TPSA) is 51.2 Å². The van der Waals surface area contributed by atoms with Gasteiger partial charge in [-0.3, -0.25) is 4.98 Å². The third-order valence-electron chi connectivity index (χ3n) is 2.94. The van der Waals surface area contributed by atoms with Gasteiger partial charge in [-0.2, -0.15) is 0 Å². The highest BCUT2D eigenvalue weighted by Gasteiger charge is 2.47. The Kier molecular flexibility index (Phi) is 1.44. The normalized spacial score (nSPS) is 29.3. The fourth-order valence-corrected chi connectivity index (χ4v) is 2.23. The Bertz CT molecular complexity index is 397. The van der Waals surface area contributed by atoms with E-state index < -0.39 is 5.60 Å². The van der Waals surface area contributed by atoms with Crippen LogP contribution in [0.4, 0.5) is 0 Å². The predicted octanol–water partition coefficient (Wildman–Crippen LogP) is 0.441. The van der Waals surface area contributed by atoms with Gasteiger partial charge in [-0.1, -0.05) is 0 Å². The van der Waals surface area contributed by atoms with Gasteiger partial charge >= 0.3 is 5.97 Å². The average molecular weight is 190 g/mol. The number of carbonyl (C=O) groups excluding carboxylic acids is 1. The van der Waals surface area contributed by atoms with E-state index >= 15 is 0 Å². The Labute approximate surface area is 81.3 Å². The second-order valence-electron chi connectivity index (χ2n) is 3.73.